The molecule has 3 rings (SSSR count). The zero-order chi connectivity index (χ0) is 16.9. The lowest BCUT2D eigenvalue weighted by Gasteiger charge is -2.33. The molecule has 6 heteroatoms. The van der Waals surface area contributed by atoms with E-state index in [4.69, 9.17) is 14.2 Å². The normalized spacial score (nSPS) is 27.2. The van der Waals surface area contributed by atoms with Crippen molar-refractivity contribution in [1.82, 2.24) is 10.6 Å². The van der Waals surface area contributed by atoms with Crippen LogP contribution in [0.25, 0.3) is 0 Å². The Balaban J connectivity index is 1.63. The molecule has 1 aromatic carbocycles. The molecule has 0 aromatic heterocycles. The molecule has 1 heterocycles. The van der Waals surface area contributed by atoms with E-state index in [2.05, 4.69) is 32.6 Å². The van der Waals surface area contributed by atoms with Crippen LogP contribution in [0.2, 0.25) is 0 Å². The average Bonchev–Trinajstić information content (AvgIpc) is 3.08. The maximum absolute atomic E-state index is 5.65. The van der Waals surface area contributed by atoms with E-state index in [-0.39, 0.29) is 0 Å². The fourth-order valence-electron chi connectivity index (χ4n) is 3.91. The second kappa shape index (κ2) is 8.52. The molecule has 2 fully saturated rings. The summed E-state index contributed by atoms with van der Waals surface area (Å²) in [5.74, 6) is 2.14. The molecular formula is C18H27BrN2O3. The summed E-state index contributed by atoms with van der Waals surface area (Å²) >= 11 is 3.57. The molecule has 1 saturated carbocycles. The smallest absolute Gasteiger partial charge is 0.174 e. The third kappa shape index (κ3) is 4.04. The van der Waals surface area contributed by atoms with Gasteiger partial charge in [-0.25, -0.2) is 0 Å². The van der Waals surface area contributed by atoms with Gasteiger partial charge in [-0.05, 0) is 52.4 Å². The molecule has 24 heavy (non-hydrogen) atoms. The largest absolute Gasteiger partial charge is 0.493 e. The minimum Gasteiger partial charge on any atom is -0.493 e. The van der Waals surface area contributed by atoms with Crippen LogP contribution in [-0.2, 0) is 11.3 Å². The number of hydrogen-bond acceptors (Lipinski definition) is 5. The molecule has 3 atom stereocenters. The minimum atomic E-state index is 0.482. The third-order valence-electron chi connectivity index (χ3n) is 5.10. The van der Waals surface area contributed by atoms with E-state index in [9.17, 15) is 0 Å². The van der Waals surface area contributed by atoms with Gasteiger partial charge in [0, 0.05) is 25.2 Å². The quantitative estimate of drug-likeness (QED) is 0.771. The molecule has 2 aliphatic rings. The number of ether oxygens (including phenoxy) is 3. The number of methoxy groups -OCH3 is 2. The van der Waals surface area contributed by atoms with Crippen LogP contribution in [0.5, 0.6) is 11.5 Å². The fraction of sp³-hybridized carbons (Fsp3) is 0.667. The van der Waals surface area contributed by atoms with Crippen molar-refractivity contribution >= 4 is 15.9 Å². The third-order valence-corrected chi connectivity index (χ3v) is 5.69. The van der Waals surface area contributed by atoms with Gasteiger partial charge in [-0.3, -0.25) is 0 Å². The molecule has 0 radical (unpaired) electrons. The van der Waals surface area contributed by atoms with Crippen molar-refractivity contribution in [2.45, 2.75) is 37.9 Å². The zero-order valence-corrected chi connectivity index (χ0v) is 16.0. The molecule has 5 nitrogen and oxygen atoms in total. The first-order valence-electron chi connectivity index (χ1n) is 8.68. The van der Waals surface area contributed by atoms with E-state index in [0.29, 0.717) is 18.0 Å². The Morgan fingerprint density at radius 2 is 2.17 bits per heavy atom. The summed E-state index contributed by atoms with van der Waals surface area (Å²) in [6.45, 7) is 3.47. The Kier molecular flexibility index (Phi) is 6.38. The Morgan fingerprint density at radius 1 is 1.29 bits per heavy atom. The standard InChI is InChI=1S/C18H27BrN2O3/c1-22-17-9-12(8-14(19)18(17)23-2)10-21-15-5-3-4-13(15)16-11-24-7-6-20-16/h8-9,13,15-16,20-21H,3-7,10-11H2,1-2H3. The van der Waals surface area contributed by atoms with Crippen LogP contribution < -0.4 is 20.1 Å². The topological polar surface area (TPSA) is 51.8 Å². The van der Waals surface area contributed by atoms with Crippen molar-refractivity contribution < 1.29 is 14.2 Å². The first-order chi connectivity index (χ1) is 11.7. The van der Waals surface area contributed by atoms with Crippen molar-refractivity contribution in [3.8, 4) is 11.5 Å². The van der Waals surface area contributed by atoms with Gasteiger partial charge in [0.25, 0.3) is 0 Å². The fourth-order valence-corrected chi connectivity index (χ4v) is 4.56. The van der Waals surface area contributed by atoms with E-state index in [1.54, 1.807) is 14.2 Å². The van der Waals surface area contributed by atoms with Crippen molar-refractivity contribution in [3.63, 3.8) is 0 Å². The molecule has 1 aliphatic heterocycles. The van der Waals surface area contributed by atoms with Crippen molar-refractivity contribution in [2.75, 3.05) is 34.0 Å². The monoisotopic (exact) mass is 398 g/mol. The van der Waals surface area contributed by atoms with Crippen molar-refractivity contribution in [1.29, 1.82) is 0 Å². The highest BCUT2D eigenvalue weighted by Gasteiger charge is 2.34. The summed E-state index contributed by atoms with van der Waals surface area (Å²) in [6.07, 6.45) is 3.79. The van der Waals surface area contributed by atoms with Crippen molar-refractivity contribution in [2.24, 2.45) is 5.92 Å². The molecule has 1 aliphatic carbocycles. The number of rotatable bonds is 6. The average molecular weight is 399 g/mol. The van der Waals surface area contributed by atoms with Gasteiger partial charge in [-0.1, -0.05) is 6.42 Å². The molecule has 0 bridgehead atoms. The van der Waals surface area contributed by atoms with E-state index < -0.39 is 0 Å². The molecular weight excluding hydrogens is 372 g/mol. The van der Waals surface area contributed by atoms with Crippen LogP contribution in [0.15, 0.2) is 16.6 Å². The van der Waals surface area contributed by atoms with Crippen LogP contribution in [-0.4, -0.2) is 46.1 Å². The predicted molar refractivity (Wildman–Crippen MR) is 97.8 cm³/mol. The summed E-state index contributed by atoms with van der Waals surface area (Å²) < 4.78 is 17.4. The molecule has 1 aromatic rings. The highest BCUT2D eigenvalue weighted by Crippen LogP contribution is 2.36. The van der Waals surface area contributed by atoms with Crippen molar-refractivity contribution in [3.05, 3.63) is 22.2 Å². The highest BCUT2D eigenvalue weighted by atomic mass is 79.9. The number of hydrogen-bond donors (Lipinski definition) is 2. The number of halogens is 1. The van der Waals surface area contributed by atoms with Gasteiger partial charge in [0.1, 0.15) is 0 Å². The van der Waals surface area contributed by atoms with E-state index >= 15 is 0 Å². The van der Waals surface area contributed by atoms with Crippen LogP contribution in [0.1, 0.15) is 24.8 Å². The van der Waals surface area contributed by atoms with Crippen LogP contribution >= 0.6 is 15.9 Å². The van der Waals surface area contributed by atoms with E-state index in [1.807, 2.05) is 6.07 Å². The minimum absolute atomic E-state index is 0.482. The van der Waals surface area contributed by atoms with Gasteiger partial charge >= 0.3 is 0 Å². The second-order valence-electron chi connectivity index (χ2n) is 6.53. The number of morpholine rings is 1. The Hall–Kier alpha value is -0.820. The molecule has 2 N–H and O–H groups in total. The lowest BCUT2D eigenvalue weighted by molar-refractivity contribution is 0.0524. The highest BCUT2D eigenvalue weighted by molar-refractivity contribution is 9.10. The molecule has 1 saturated heterocycles. The maximum Gasteiger partial charge on any atom is 0.174 e. The molecule has 134 valence electrons. The number of nitrogens with one attached hydrogen (secondary N) is 2. The lowest BCUT2D eigenvalue weighted by atomic mass is 9.94. The summed E-state index contributed by atoms with van der Waals surface area (Å²) in [7, 11) is 3.33. The van der Waals surface area contributed by atoms with Gasteiger partial charge in [0.15, 0.2) is 11.5 Å². The predicted octanol–water partition coefficient (Wildman–Crippen LogP) is 2.71. The van der Waals surface area contributed by atoms with Gasteiger partial charge in [0.05, 0.1) is 31.9 Å². The molecule has 0 amide bonds. The first kappa shape index (κ1) is 18.0. The van der Waals surface area contributed by atoms with Crippen LogP contribution in [0.4, 0.5) is 0 Å². The Labute approximate surface area is 152 Å². The van der Waals surface area contributed by atoms with Crippen LogP contribution in [0.3, 0.4) is 0 Å². The summed E-state index contributed by atoms with van der Waals surface area (Å²) in [4.78, 5) is 0. The maximum atomic E-state index is 5.65. The van der Waals surface area contributed by atoms with Gasteiger partial charge < -0.3 is 24.8 Å². The molecule has 0 spiro atoms. The Bertz CT molecular complexity index is 549. The second-order valence-corrected chi connectivity index (χ2v) is 7.39. The van der Waals surface area contributed by atoms with Crippen LogP contribution in [0, 0.1) is 5.92 Å². The van der Waals surface area contributed by atoms with Gasteiger partial charge in [-0.15, -0.1) is 0 Å². The zero-order valence-electron chi connectivity index (χ0n) is 14.4. The Morgan fingerprint density at radius 3 is 2.88 bits per heavy atom. The van der Waals surface area contributed by atoms with Gasteiger partial charge in [-0.2, -0.15) is 0 Å². The van der Waals surface area contributed by atoms with E-state index in [0.717, 1.165) is 42.3 Å². The first-order valence-corrected chi connectivity index (χ1v) is 9.47. The summed E-state index contributed by atoms with van der Waals surface area (Å²) in [6, 6.07) is 5.16. The lowest BCUT2D eigenvalue weighted by Crippen LogP contribution is -2.50. The van der Waals surface area contributed by atoms with Gasteiger partial charge in [0.2, 0.25) is 0 Å². The van der Waals surface area contributed by atoms with E-state index in [1.165, 1.54) is 24.8 Å². The summed E-state index contributed by atoms with van der Waals surface area (Å²) in [5, 5.41) is 7.37. The number of benzene rings is 1. The summed E-state index contributed by atoms with van der Waals surface area (Å²) in [5.41, 5.74) is 1.19. The SMILES string of the molecule is COc1cc(CNC2CCCC2C2COCCN2)cc(Br)c1OC. The molecule has 3 unspecified atom stereocenters.